The number of esters is 1. The first kappa shape index (κ1) is 25.4. The van der Waals surface area contributed by atoms with Crippen molar-refractivity contribution in [2.45, 2.75) is 6.61 Å². The van der Waals surface area contributed by atoms with Gasteiger partial charge in [0.15, 0.2) is 17.2 Å². The van der Waals surface area contributed by atoms with Crippen LogP contribution in [0, 0.1) is 17.3 Å². The van der Waals surface area contributed by atoms with Crippen molar-refractivity contribution in [1.29, 1.82) is 0 Å². The summed E-state index contributed by atoms with van der Waals surface area (Å²) in [6.07, 6.45) is 1.56. The van der Waals surface area contributed by atoms with Crippen LogP contribution in [0.25, 0.3) is 6.08 Å². The van der Waals surface area contributed by atoms with E-state index in [0.717, 1.165) is 12.7 Å². The largest absolute Gasteiger partial charge is 0.493 e. The van der Waals surface area contributed by atoms with E-state index in [1.807, 2.05) is 30.3 Å². The second-order valence-corrected chi connectivity index (χ2v) is 10.0. The van der Waals surface area contributed by atoms with Crippen LogP contribution in [-0.4, -0.2) is 23.9 Å². The number of nitrogens with zero attached hydrogens (tertiary/aromatic N) is 2. The molecular weight excluding hydrogens is 702 g/mol. The Labute approximate surface area is 232 Å². The third-order valence-electron chi connectivity index (χ3n) is 4.87. The number of carbonyl (C=O) groups excluding carboxylic acids is 1. The predicted molar refractivity (Wildman–Crippen MR) is 148 cm³/mol. The number of benzene rings is 3. The van der Waals surface area contributed by atoms with Crippen molar-refractivity contribution in [3.63, 3.8) is 0 Å². The minimum Gasteiger partial charge on any atom is -0.493 e. The summed E-state index contributed by atoms with van der Waals surface area (Å²) in [5.41, 5.74) is 1.83. The van der Waals surface area contributed by atoms with E-state index in [1.54, 1.807) is 12.1 Å². The monoisotopic (exact) mass is 716 g/mol. The van der Waals surface area contributed by atoms with Crippen LogP contribution in [0.15, 0.2) is 65.3 Å². The SMILES string of the molecule is COc1cc(C=C2N=C(c3ccc([N+](=O)[O-])cc3Cl)OC2=O)cc(I)c1OCc1ccc(I)cc1. The molecule has 1 aliphatic rings. The highest BCUT2D eigenvalue weighted by Crippen LogP contribution is 2.36. The Hall–Kier alpha value is -2.71. The second kappa shape index (κ2) is 10.9. The number of rotatable bonds is 7. The van der Waals surface area contributed by atoms with Gasteiger partial charge >= 0.3 is 5.97 Å². The summed E-state index contributed by atoms with van der Waals surface area (Å²) in [4.78, 5) is 27.0. The molecule has 0 saturated heterocycles. The highest BCUT2D eigenvalue weighted by atomic mass is 127. The van der Waals surface area contributed by atoms with E-state index in [2.05, 4.69) is 50.2 Å². The molecule has 1 heterocycles. The highest BCUT2D eigenvalue weighted by molar-refractivity contribution is 14.1. The van der Waals surface area contributed by atoms with E-state index in [9.17, 15) is 14.9 Å². The first-order chi connectivity index (χ1) is 16.7. The summed E-state index contributed by atoms with van der Waals surface area (Å²) in [6, 6.07) is 15.4. The summed E-state index contributed by atoms with van der Waals surface area (Å²) in [5, 5.41) is 11.0. The van der Waals surface area contributed by atoms with Gasteiger partial charge in [0.25, 0.3) is 5.69 Å². The van der Waals surface area contributed by atoms with Gasteiger partial charge in [-0.25, -0.2) is 9.79 Å². The fourth-order valence-corrected chi connectivity index (χ4v) is 4.57. The maximum atomic E-state index is 12.4. The molecular formula is C24H15ClI2N2O6. The Morgan fingerprint density at radius 3 is 2.54 bits per heavy atom. The topological polar surface area (TPSA) is 100 Å². The molecule has 0 N–H and O–H groups in total. The molecule has 0 saturated carbocycles. The van der Waals surface area contributed by atoms with Crippen molar-refractivity contribution in [1.82, 2.24) is 0 Å². The van der Waals surface area contributed by atoms with Crippen LogP contribution in [-0.2, 0) is 16.1 Å². The normalized spacial score (nSPS) is 14.0. The van der Waals surface area contributed by atoms with Gasteiger partial charge in [0, 0.05) is 15.7 Å². The average molecular weight is 717 g/mol. The molecule has 0 amide bonds. The molecule has 0 aromatic heterocycles. The third-order valence-corrected chi connectivity index (χ3v) is 6.70. The Balaban J connectivity index is 1.59. The smallest absolute Gasteiger partial charge is 0.363 e. The lowest BCUT2D eigenvalue weighted by Gasteiger charge is -2.14. The number of ether oxygens (including phenoxy) is 3. The predicted octanol–water partition coefficient (Wildman–Crippen LogP) is 6.39. The number of nitro groups is 1. The Bertz CT molecular complexity index is 1390. The molecule has 11 heteroatoms. The zero-order chi connectivity index (χ0) is 25.1. The number of methoxy groups -OCH3 is 1. The zero-order valence-electron chi connectivity index (χ0n) is 18.0. The van der Waals surface area contributed by atoms with Gasteiger partial charge in [-0.2, -0.15) is 0 Å². The van der Waals surface area contributed by atoms with E-state index in [4.69, 9.17) is 25.8 Å². The van der Waals surface area contributed by atoms with Crippen LogP contribution in [0.3, 0.4) is 0 Å². The molecule has 0 spiro atoms. The molecule has 0 unspecified atom stereocenters. The minimum atomic E-state index is -0.664. The number of hydrogen-bond donors (Lipinski definition) is 0. The van der Waals surface area contributed by atoms with Crippen LogP contribution >= 0.6 is 56.8 Å². The maximum absolute atomic E-state index is 12.4. The average Bonchev–Trinajstić information content (AvgIpc) is 3.18. The lowest BCUT2D eigenvalue weighted by molar-refractivity contribution is -0.384. The van der Waals surface area contributed by atoms with Gasteiger partial charge in [-0.3, -0.25) is 10.1 Å². The molecule has 3 aromatic carbocycles. The van der Waals surface area contributed by atoms with Gasteiger partial charge in [0.1, 0.15) is 6.61 Å². The Morgan fingerprint density at radius 2 is 1.89 bits per heavy atom. The molecule has 3 aromatic rings. The fraction of sp³-hybridized carbons (Fsp3) is 0.0833. The minimum absolute atomic E-state index is 0.0275. The fourth-order valence-electron chi connectivity index (χ4n) is 3.17. The number of carbonyl (C=O) groups is 1. The molecule has 1 aliphatic heterocycles. The molecule has 8 nitrogen and oxygen atoms in total. The van der Waals surface area contributed by atoms with Crippen molar-refractivity contribution < 1.29 is 23.9 Å². The molecule has 0 bridgehead atoms. The van der Waals surface area contributed by atoms with Gasteiger partial charge in [0.2, 0.25) is 5.90 Å². The summed E-state index contributed by atoms with van der Waals surface area (Å²) in [7, 11) is 1.54. The number of cyclic esters (lactones) is 1. The second-order valence-electron chi connectivity index (χ2n) is 7.21. The summed E-state index contributed by atoms with van der Waals surface area (Å²) in [6.45, 7) is 0.375. The highest BCUT2D eigenvalue weighted by Gasteiger charge is 2.27. The van der Waals surface area contributed by atoms with E-state index in [-0.39, 0.29) is 27.9 Å². The van der Waals surface area contributed by atoms with E-state index in [0.29, 0.717) is 23.7 Å². The molecule has 0 fully saturated rings. The zero-order valence-corrected chi connectivity index (χ0v) is 23.0. The number of halogens is 3. The molecule has 35 heavy (non-hydrogen) atoms. The standard InChI is InChI=1S/C24H15ClI2N2O6/c1-33-21-10-14(8-19(27)22(21)34-12-13-2-4-15(26)5-3-13)9-20-24(30)35-23(28-20)17-7-6-16(29(31)32)11-18(17)25/h2-11H,12H2,1H3. The lowest BCUT2D eigenvalue weighted by atomic mass is 10.1. The Kier molecular flexibility index (Phi) is 7.91. The number of nitro benzene ring substituents is 1. The van der Waals surface area contributed by atoms with E-state index in [1.165, 1.54) is 25.3 Å². The van der Waals surface area contributed by atoms with Gasteiger partial charge in [0.05, 0.1) is 26.2 Å². The molecule has 0 radical (unpaired) electrons. The number of aliphatic imine (C=N–C) groups is 1. The molecule has 178 valence electrons. The van der Waals surface area contributed by atoms with Crippen LogP contribution in [0.1, 0.15) is 16.7 Å². The van der Waals surface area contributed by atoms with E-state index < -0.39 is 10.9 Å². The quantitative estimate of drug-likeness (QED) is 0.0925. The number of non-ortho nitro benzene ring substituents is 1. The van der Waals surface area contributed by atoms with Crippen molar-refractivity contribution in [3.8, 4) is 11.5 Å². The molecule has 0 atom stereocenters. The Morgan fingerprint density at radius 1 is 1.14 bits per heavy atom. The van der Waals surface area contributed by atoms with Crippen molar-refractivity contribution in [2.24, 2.45) is 4.99 Å². The lowest BCUT2D eigenvalue weighted by Crippen LogP contribution is -2.06. The molecule has 0 aliphatic carbocycles. The first-order valence-corrected chi connectivity index (χ1v) is 12.5. The first-order valence-electron chi connectivity index (χ1n) is 9.97. The van der Waals surface area contributed by atoms with Crippen molar-refractivity contribution in [2.75, 3.05) is 7.11 Å². The van der Waals surface area contributed by atoms with Crippen molar-refractivity contribution >= 4 is 80.4 Å². The van der Waals surface area contributed by atoms with Crippen LogP contribution in [0.4, 0.5) is 5.69 Å². The van der Waals surface area contributed by atoms with Gasteiger partial charge < -0.3 is 14.2 Å². The number of hydrogen-bond acceptors (Lipinski definition) is 7. The van der Waals surface area contributed by atoms with Crippen molar-refractivity contribution in [3.05, 3.63) is 99.3 Å². The summed E-state index contributed by atoms with van der Waals surface area (Å²) >= 11 is 10.5. The van der Waals surface area contributed by atoms with Gasteiger partial charge in [-0.05, 0) is 92.7 Å². The van der Waals surface area contributed by atoms with Gasteiger partial charge in [-0.15, -0.1) is 0 Å². The summed E-state index contributed by atoms with van der Waals surface area (Å²) in [5.74, 6) is 0.399. The maximum Gasteiger partial charge on any atom is 0.363 e. The summed E-state index contributed by atoms with van der Waals surface area (Å²) < 4.78 is 18.7. The third kappa shape index (κ3) is 5.93. The van der Waals surface area contributed by atoms with Crippen LogP contribution in [0.5, 0.6) is 11.5 Å². The van der Waals surface area contributed by atoms with E-state index >= 15 is 0 Å². The van der Waals surface area contributed by atoms with Gasteiger partial charge in [-0.1, -0.05) is 23.7 Å². The molecule has 4 rings (SSSR count). The van der Waals surface area contributed by atoms with Crippen LogP contribution < -0.4 is 9.47 Å². The van der Waals surface area contributed by atoms with Crippen LogP contribution in [0.2, 0.25) is 5.02 Å².